The van der Waals surface area contributed by atoms with Crippen LogP contribution in [0.5, 0.6) is 0 Å². The van der Waals surface area contributed by atoms with E-state index >= 15 is 0 Å². The summed E-state index contributed by atoms with van der Waals surface area (Å²) in [7, 11) is 0. The number of hydrogen-bond donors (Lipinski definition) is 0. The first-order chi connectivity index (χ1) is 12.1. The van der Waals surface area contributed by atoms with Gasteiger partial charge in [-0.05, 0) is 38.3 Å². The van der Waals surface area contributed by atoms with Crippen LogP contribution >= 0.6 is 0 Å². The molecule has 2 aromatic rings. The highest BCUT2D eigenvalue weighted by Crippen LogP contribution is 2.31. The van der Waals surface area contributed by atoms with Gasteiger partial charge in [0.15, 0.2) is 0 Å². The zero-order valence-corrected chi connectivity index (χ0v) is 14.8. The molecule has 25 heavy (non-hydrogen) atoms. The lowest BCUT2D eigenvalue weighted by atomic mass is 9.93. The van der Waals surface area contributed by atoms with Crippen molar-refractivity contribution in [2.75, 3.05) is 13.1 Å². The van der Waals surface area contributed by atoms with Crippen LogP contribution in [0, 0.1) is 19.8 Å². The number of piperidine rings is 1. The smallest absolute Gasteiger partial charge is 0.227 e. The normalized spacial score (nSPS) is 23.9. The Balaban J connectivity index is 1.53. The number of nitrogens with zero attached hydrogens (tertiary/aromatic N) is 4. The maximum Gasteiger partial charge on any atom is 0.227 e. The number of aromatic nitrogens is 2. The largest absolute Gasteiger partial charge is 0.361 e. The van der Waals surface area contributed by atoms with Gasteiger partial charge < -0.3 is 9.42 Å². The lowest BCUT2D eigenvalue weighted by Crippen LogP contribution is -2.47. The Labute approximate surface area is 147 Å². The van der Waals surface area contributed by atoms with Crippen LogP contribution in [0.4, 0.5) is 0 Å². The van der Waals surface area contributed by atoms with Crippen LogP contribution in [0.3, 0.4) is 0 Å². The van der Waals surface area contributed by atoms with Crippen LogP contribution in [0.25, 0.3) is 0 Å². The van der Waals surface area contributed by atoms with Crippen molar-refractivity contribution in [3.8, 4) is 0 Å². The van der Waals surface area contributed by atoms with Gasteiger partial charge in [0.1, 0.15) is 5.76 Å². The van der Waals surface area contributed by atoms with Crippen LogP contribution < -0.4 is 0 Å². The fourth-order valence-electron chi connectivity index (χ4n) is 4.11. The number of hydrogen-bond acceptors (Lipinski definition) is 5. The molecule has 0 N–H and O–H groups in total. The highest BCUT2D eigenvalue weighted by molar-refractivity contribution is 5.80. The zero-order chi connectivity index (χ0) is 17.4. The van der Waals surface area contributed by atoms with Gasteiger partial charge in [-0.2, -0.15) is 0 Å². The predicted molar refractivity (Wildman–Crippen MR) is 92.6 cm³/mol. The van der Waals surface area contributed by atoms with E-state index in [0.29, 0.717) is 6.54 Å². The number of aryl methyl sites for hydroxylation is 2. The number of carbonyl (C=O) groups excluding carboxylic acids is 1. The number of pyridine rings is 1. The molecular formula is C19H24N4O2. The molecule has 5 heterocycles. The second kappa shape index (κ2) is 6.59. The summed E-state index contributed by atoms with van der Waals surface area (Å²) in [6.07, 6.45) is 5.77. The summed E-state index contributed by atoms with van der Waals surface area (Å²) in [5.74, 6) is 1.19. The van der Waals surface area contributed by atoms with Gasteiger partial charge >= 0.3 is 0 Å². The Morgan fingerprint density at radius 1 is 1.24 bits per heavy atom. The topological polar surface area (TPSA) is 62.5 Å². The maximum atomic E-state index is 13.0. The molecule has 3 aliphatic rings. The summed E-state index contributed by atoms with van der Waals surface area (Å²) in [6.45, 7) is 7.09. The monoisotopic (exact) mass is 340 g/mol. The van der Waals surface area contributed by atoms with Gasteiger partial charge in [-0.15, -0.1) is 0 Å². The molecule has 3 aliphatic heterocycles. The molecule has 0 unspecified atom stereocenters. The molecule has 0 saturated carbocycles. The molecule has 3 fully saturated rings. The second-order valence-corrected chi connectivity index (χ2v) is 7.25. The van der Waals surface area contributed by atoms with E-state index in [1.165, 1.54) is 5.56 Å². The molecule has 3 saturated heterocycles. The van der Waals surface area contributed by atoms with Crippen LogP contribution in [0.2, 0.25) is 0 Å². The minimum absolute atomic E-state index is 0.0934. The first kappa shape index (κ1) is 16.3. The van der Waals surface area contributed by atoms with Crippen molar-refractivity contribution in [1.29, 1.82) is 0 Å². The summed E-state index contributed by atoms with van der Waals surface area (Å²) in [5.41, 5.74) is 3.14. The van der Waals surface area contributed by atoms with Crippen molar-refractivity contribution < 1.29 is 9.32 Å². The van der Waals surface area contributed by atoms with E-state index in [1.807, 2.05) is 26.1 Å². The molecule has 132 valence electrons. The van der Waals surface area contributed by atoms with Gasteiger partial charge in [0.05, 0.1) is 18.2 Å². The maximum absolute atomic E-state index is 13.0. The van der Waals surface area contributed by atoms with Crippen molar-refractivity contribution >= 4 is 5.91 Å². The Morgan fingerprint density at radius 3 is 2.84 bits per heavy atom. The van der Waals surface area contributed by atoms with E-state index in [-0.39, 0.29) is 17.9 Å². The average molecular weight is 340 g/mol. The SMILES string of the molecule is Cc1noc(C)c1CN1C(=O)[C@@H]2CC[C@H]1CN(Cc1cccnc1)C2. The molecule has 0 spiro atoms. The number of fused-ring (bicyclic) bond motifs is 4. The highest BCUT2D eigenvalue weighted by Gasteiger charge is 2.41. The Bertz CT molecular complexity index is 739. The predicted octanol–water partition coefficient (Wildman–Crippen LogP) is 2.31. The summed E-state index contributed by atoms with van der Waals surface area (Å²) in [4.78, 5) is 21.7. The van der Waals surface area contributed by atoms with E-state index in [4.69, 9.17) is 4.52 Å². The third kappa shape index (κ3) is 3.18. The minimum atomic E-state index is 0.0934. The second-order valence-electron chi connectivity index (χ2n) is 7.25. The van der Waals surface area contributed by atoms with E-state index < -0.39 is 0 Å². The van der Waals surface area contributed by atoms with Gasteiger partial charge in [0, 0.05) is 43.6 Å². The van der Waals surface area contributed by atoms with Crippen molar-refractivity contribution in [1.82, 2.24) is 19.9 Å². The lowest BCUT2D eigenvalue weighted by Gasteiger charge is -2.36. The van der Waals surface area contributed by atoms with Gasteiger partial charge in [0.2, 0.25) is 5.91 Å². The molecule has 6 nitrogen and oxygen atoms in total. The van der Waals surface area contributed by atoms with Gasteiger partial charge in [0.25, 0.3) is 0 Å². The quantitative estimate of drug-likeness (QED) is 0.855. The summed E-state index contributed by atoms with van der Waals surface area (Å²) < 4.78 is 5.28. The minimum Gasteiger partial charge on any atom is -0.361 e. The first-order valence-corrected chi connectivity index (χ1v) is 8.95. The number of amides is 1. The molecule has 6 heteroatoms. The fraction of sp³-hybridized carbons (Fsp3) is 0.526. The van der Waals surface area contributed by atoms with E-state index in [1.54, 1.807) is 6.20 Å². The molecule has 0 aromatic carbocycles. The Hall–Kier alpha value is -2.21. The molecule has 2 atom stereocenters. The molecule has 0 aliphatic carbocycles. The molecular weight excluding hydrogens is 316 g/mol. The van der Waals surface area contributed by atoms with E-state index in [9.17, 15) is 4.79 Å². The van der Waals surface area contributed by atoms with E-state index in [2.05, 4.69) is 26.0 Å². The van der Waals surface area contributed by atoms with Crippen molar-refractivity contribution in [2.45, 2.75) is 45.8 Å². The van der Waals surface area contributed by atoms with Crippen molar-refractivity contribution in [3.05, 3.63) is 47.1 Å². The van der Waals surface area contributed by atoms with Crippen molar-refractivity contribution in [2.24, 2.45) is 5.92 Å². The third-order valence-corrected chi connectivity index (χ3v) is 5.51. The Kier molecular flexibility index (Phi) is 4.29. The number of rotatable bonds is 4. The molecule has 2 aromatic heterocycles. The van der Waals surface area contributed by atoms with Crippen LogP contribution in [0.1, 0.15) is 35.4 Å². The average Bonchev–Trinajstić information content (AvgIpc) is 2.77. The molecule has 0 radical (unpaired) electrons. The first-order valence-electron chi connectivity index (χ1n) is 8.95. The third-order valence-electron chi connectivity index (χ3n) is 5.51. The molecule has 1 amide bonds. The fourth-order valence-corrected chi connectivity index (χ4v) is 4.11. The van der Waals surface area contributed by atoms with E-state index in [0.717, 1.165) is 49.5 Å². The van der Waals surface area contributed by atoms with Crippen LogP contribution in [0.15, 0.2) is 29.0 Å². The van der Waals surface area contributed by atoms with Gasteiger partial charge in [-0.1, -0.05) is 11.2 Å². The standard InChI is InChI=1S/C19H24N4O2/c1-13-18(14(2)25-21-13)12-23-17-6-5-16(19(23)24)10-22(11-17)9-15-4-3-7-20-8-15/h3-4,7-8,16-17H,5-6,9-12H2,1-2H3/t16-,17+/m1/s1. The molecule has 2 bridgehead atoms. The summed E-state index contributed by atoms with van der Waals surface area (Å²) in [5, 5.41) is 4.03. The van der Waals surface area contributed by atoms with Gasteiger partial charge in [-0.3, -0.25) is 14.7 Å². The zero-order valence-electron chi connectivity index (χ0n) is 14.8. The lowest BCUT2D eigenvalue weighted by molar-refractivity contribution is -0.140. The number of carbonyl (C=O) groups is 1. The van der Waals surface area contributed by atoms with Crippen LogP contribution in [-0.4, -0.2) is 45.0 Å². The summed E-state index contributed by atoms with van der Waals surface area (Å²) in [6, 6.07) is 4.33. The van der Waals surface area contributed by atoms with Crippen molar-refractivity contribution in [3.63, 3.8) is 0 Å². The summed E-state index contributed by atoms with van der Waals surface area (Å²) >= 11 is 0. The van der Waals surface area contributed by atoms with Gasteiger partial charge in [-0.25, -0.2) is 0 Å². The molecule has 5 rings (SSSR count). The Morgan fingerprint density at radius 2 is 2.12 bits per heavy atom. The van der Waals surface area contributed by atoms with Crippen LogP contribution in [-0.2, 0) is 17.9 Å². The highest BCUT2D eigenvalue weighted by atomic mass is 16.5.